The van der Waals surface area contributed by atoms with Crippen molar-refractivity contribution >= 4 is 6.04 Å². The molecule has 0 bridgehead atoms. The molecule has 17 heavy (non-hydrogen) atoms. The van der Waals surface area contributed by atoms with E-state index in [2.05, 4.69) is 0 Å². The second-order valence-corrected chi connectivity index (χ2v) is 3.48. The summed E-state index contributed by atoms with van der Waals surface area (Å²) < 4.78 is 38.6. The summed E-state index contributed by atoms with van der Waals surface area (Å²) in [5.41, 5.74) is 0.310. The lowest BCUT2D eigenvalue weighted by Crippen LogP contribution is -1.93. The van der Waals surface area contributed by atoms with E-state index in [1.807, 2.05) is 0 Å². The van der Waals surface area contributed by atoms with E-state index >= 15 is 0 Å². The Morgan fingerprint density at radius 2 is 1.59 bits per heavy atom. The summed E-state index contributed by atoms with van der Waals surface area (Å²) in [5.74, 6) is -1.15. The van der Waals surface area contributed by atoms with Crippen molar-refractivity contribution in [2.75, 3.05) is 0 Å². The summed E-state index contributed by atoms with van der Waals surface area (Å²) in [6, 6.07) is 6.82. The first-order valence-corrected chi connectivity index (χ1v) is 4.83. The number of benzene rings is 2. The fourth-order valence-electron chi connectivity index (χ4n) is 1.50. The van der Waals surface area contributed by atoms with Crippen LogP contribution in [0.1, 0.15) is 10.4 Å². The first-order valence-electron chi connectivity index (χ1n) is 4.83. The molecule has 0 heterocycles. The van der Waals surface area contributed by atoms with Crippen molar-refractivity contribution in [1.29, 1.82) is 0 Å². The summed E-state index contributed by atoms with van der Waals surface area (Å²) in [4.78, 5) is 10.4. The minimum Gasteiger partial charge on any atom is -0.255 e. The average Bonchev–Trinajstić information content (AvgIpc) is 2.30. The van der Waals surface area contributed by atoms with Crippen LogP contribution in [0.4, 0.5) is 13.2 Å². The van der Waals surface area contributed by atoms with Crippen LogP contribution >= 0.6 is 0 Å². The number of halogens is 3. The van der Waals surface area contributed by atoms with Crippen LogP contribution in [-0.2, 0) is 0 Å². The standard InChI is InChI=1S/C13H7F3O/c14-10-4-1-8(2-5-10)11-6-3-9(13(16)17)7-12(11)15/h1-7H. The number of carbonyl (C=O) groups is 1. The van der Waals surface area contributed by atoms with Crippen molar-refractivity contribution in [3.8, 4) is 11.1 Å². The van der Waals surface area contributed by atoms with Crippen LogP contribution in [0.25, 0.3) is 11.1 Å². The van der Waals surface area contributed by atoms with Gasteiger partial charge in [0.15, 0.2) is 0 Å². The van der Waals surface area contributed by atoms with Crippen molar-refractivity contribution in [2.24, 2.45) is 0 Å². The molecule has 0 unspecified atom stereocenters. The Labute approximate surface area is 95.5 Å². The van der Waals surface area contributed by atoms with Crippen LogP contribution in [0.3, 0.4) is 0 Å². The third kappa shape index (κ3) is 2.36. The van der Waals surface area contributed by atoms with Crippen LogP contribution in [0.2, 0.25) is 0 Å². The van der Waals surface area contributed by atoms with Gasteiger partial charge in [0.05, 0.1) is 5.56 Å². The molecule has 0 saturated heterocycles. The second-order valence-electron chi connectivity index (χ2n) is 3.48. The van der Waals surface area contributed by atoms with Crippen LogP contribution < -0.4 is 0 Å². The minimum atomic E-state index is -1.69. The molecule has 86 valence electrons. The van der Waals surface area contributed by atoms with Gasteiger partial charge in [0, 0.05) is 5.56 Å². The largest absolute Gasteiger partial charge is 0.332 e. The van der Waals surface area contributed by atoms with Gasteiger partial charge in [-0.25, -0.2) is 8.78 Å². The molecule has 2 aromatic carbocycles. The van der Waals surface area contributed by atoms with E-state index in [1.165, 1.54) is 36.4 Å². The molecule has 0 aromatic heterocycles. The van der Waals surface area contributed by atoms with E-state index in [4.69, 9.17) is 0 Å². The number of hydrogen-bond acceptors (Lipinski definition) is 1. The van der Waals surface area contributed by atoms with Crippen LogP contribution in [0, 0.1) is 11.6 Å². The quantitative estimate of drug-likeness (QED) is 0.726. The fourth-order valence-corrected chi connectivity index (χ4v) is 1.50. The summed E-state index contributed by atoms with van der Waals surface area (Å²) in [6.07, 6.45) is 0. The number of carbonyl (C=O) groups excluding carboxylic acids is 1. The Kier molecular flexibility index (Phi) is 2.95. The zero-order chi connectivity index (χ0) is 12.4. The lowest BCUT2D eigenvalue weighted by Gasteiger charge is -2.04. The van der Waals surface area contributed by atoms with Gasteiger partial charge in [-0.05, 0) is 29.8 Å². The van der Waals surface area contributed by atoms with Gasteiger partial charge >= 0.3 is 6.04 Å². The topological polar surface area (TPSA) is 17.1 Å². The van der Waals surface area contributed by atoms with Gasteiger partial charge < -0.3 is 0 Å². The molecule has 0 aliphatic rings. The van der Waals surface area contributed by atoms with Crippen LogP contribution in [0.15, 0.2) is 42.5 Å². The molecule has 4 heteroatoms. The molecule has 0 aliphatic carbocycles. The third-order valence-corrected chi connectivity index (χ3v) is 2.35. The Hall–Kier alpha value is -2.10. The molecule has 0 fully saturated rings. The van der Waals surface area contributed by atoms with E-state index in [-0.39, 0.29) is 11.1 Å². The molecule has 2 rings (SSSR count). The van der Waals surface area contributed by atoms with Gasteiger partial charge in [0.1, 0.15) is 11.6 Å². The van der Waals surface area contributed by atoms with Crippen molar-refractivity contribution < 1.29 is 18.0 Å². The first kappa shape index (κ1) is 11.4. The van der Waals surface area contributed by atoms with Crippen molar-refractivity contribution in [3.05, 3.63) is 59.7 Å². The monoisotopic (exact) mass is 236 g/mol. The van der Waals surface area contributed by atoms with Gasteiger partial charge in [-0.15, -0.1) is 0 Å². The molecule has 0 atom stereocenters. The predicted molar refractivity (Wildman–Crippen MR) is 57.2 cm³/mol. The highest BCUT2D eigenvalue weighted by atomic mass is 19.1. The molecular formula is C13H7F3O. The Bertz CT molecular complexity index is 561. The molecule has 0 radical (unpaired) electrons. The van der Waals surface area contributed by atoms with E-state index in [0.717, 1.165) is 6.07 Å². The summed E-state index contributed by atoms with van der Waals surface area (Å²) in [6.45, 7) is 0. The van der Waals surface area contributed by atoms with Gasteiger partial charge in [-0.1, -0.05) is 18.2 Å². The maximum Gasteiger partial charge on any atom is 0.332 e. The van der Waals surface area contributed by atoms with E-state index in [0.29, 0.717) is 5.56 Å². The van der Waals surface area contributed by atoms with Crippen LogP contribution in [0.5, 0.6) is 0 Å². The summed E-state index contributed by atoms with van der Waals surface area (Å²) >= 11 is 0. The zero-order valence-corrected chi connectivity index (χ0v) is 8.58. The average molecular weight is 236 g/mol. The van der Waals surface area contributed by atoms with Crippen molar-refractivity contribution in [3.63, 3.8) is 0 Å². The molecule has 0 saturated carbocycles. The predicted octanol–water partition coefficient (Wildman–Crippen LogP) is 3.74. The van der Waals surface area contributed by atoms with Crippen molar-refractivity contribution in [2.45, 2.75) is 0 Å². The van der Waals surface area contributed by atoms with E-state index < -0.39 is 17.7 Å². The van der Waals surface area contributed by atoms with Gasteiger partial charge in [0.25, 0.3) is 0 Å². The maximum atomic E-state index is 13.6. The highest BCUT2D eigenvalue weighted by Crippen LogP contribution is 2.24. The Morgan fingerprint density at radius 3 is 2.12 bits per heavy atom. The lowest BCUT2D eigenvalue weighted by atomic mass is 10.0. The molecule has 0 spiro atoms. The molecule has 1 nitrogen and oxygen atoms in total. The second kappa shape index (κ2) is 4.41. The molecular weight excluding hydrogens is 229 g/mol. The first-order chi connectivity index (χ1) is 8.08. The van der Waals surface area contributed by atoms with Crippen LogP contribution in [-0.4, -0.2) is 6.04 Å². The minimum absolute atomic E-state index is 0.190. The van der Waals surface area contributed by atoms with Gasteiger partial charge in [-0.3, -0.25) is 4.79 Å². The van der Waals surface area contributed by atoms with Crippen molar-refractivity contribution in [1.82, 2.24) is 0 Å². The lowest BCUT2D eigenvalue weighted by molar-refractivity contribution is 0.0835. The zero-order valence-electron chi connectivity index (χ0n) is 8.58. The molecule has 0 amide bonds. The number of hydrogen-bond donors (Lipinski definition) is 0. The highest BCUT2D eigenvalue weighted by Gasteiger charge is 2.10. The fraction of sp³-hybridized carbons (Fsp3) is 0. The number of rotatable bonds is 2. The van der Waals surface area contributed by atoms with E-state index in [1.54, 1.807) is 0 Å². The SMILES string of the molecule is O=C(F)c1ccc(-c2ccc(F)cc2)c(F)c1. The molecule has 2 aromatic rings. The Balaban J connectivity index is 2.46. The molecule has 0 aliphatic heterocycles. The smallest absolute Gasteiger partial charge is 0.255 e. The highest BCUT2D eigenvalue weighted by molar-refractivity contribution is 5.89. The summed E-state index contributed by atoms with van der Waals surface area (Å²) in [7, 11) is 0. The maximum absolute atomic E-state index is 13.6. The normalized spacial score (nSPS) is 10.3. The van der Waals surface area contributed by atoms with Gasteiger partial charge in [0.2, 0.25) is 0 Å². The Morgan fingerprint density at radius 1 is 0.941 bits per heavy atom. The van der Waals surface area contributed by atoms with E-state index in [9.17, 15) is 18.0 Å². The third-order valence-electron chi connectivity index (χ3n) is 2.35. The summed E-state index contributed by atoms with van der Waals surface area (Å²) in [5, 5.41) is 0. The molecule has 0 N–H and O–H groups in total. The van der Waals surface area contributed by atoms with Gasteiger partial charge in [-0.2, -0.15) is 4.39 Å².